The molecule has 0 amide bonds. The smallest absolute Gasteiger partial charge is 0.0656 e. The van der Waals surface area contributed by atoms with Crippen LogP contribution in [0.5, 0.6) is 0 Å². The number of allylic oxidation sites excluding steroid dienone is 4. The zero-order valence-electron chi connectivity index (χ0n) is 27.5. The van der Waals surface area contributed by atoms with Crippen LogP contribution in [0, 0.1) is 0 Å². The fraction of sp³-hybridized carbons (Fsp3) is 0.389. The van der Waals surface area contributed by atoms with Gasteiger partial charge in [0.15, 0.2) is 8.07 Å². The lowest BCUT2D eigenvalue weighted by Gasteiger charge is -2.47. The van der Waals surface area contributed by atoms with Gasteiger partial charge < -0.3 is 0 Å². The molecule has 40 heavy (non-hydrogen) atoms. The van der Waals surface area contributed by atoms with Crippen molar-refractivity contribution in [3.8, 4) is 0 Å². The van der Waals surface area contributed by atoms with Crippen molar-refractivity contribution in [1.82, 2.24) is 0 Å². The van der Waals surface area contributed by atoms with Gasteiger partial charge in [-0.1, -0.05) is 158 Å². The zero-order chi connectivity index (χ0) is 29.8. The molecular formula is C36H52Si4. The van der Waals surface area contributed by atoms with Crippen molar-refractivity contribution < 1.29 is 0 Å². The highest BCUT2D eigenvalue weighted by atomic mass is 28.3. The Morgan fingerprint density at radius 1 is 0.375 bits per heavy atom. The van der Waals surface area contributed by atoms with Crippen molar-refractivity contribution in [3.05, 3.63) is 95.1 Å². The quantitative estimate of drug-likeness (QED) is 0.207. The Labute approximate surface area is 249 Å². The maximum absolute atomic E-state index is 2.68. The Balaban J connectivity index is 2.42. The standard InChI is InChI=1S/C36H52Si4/c1-26-27(2)29(4)36(28(26)3)40(33-23-17-14-20-30(33)37(5,6)7,34-24-18-15-21-31(34)38(8,9)10)35-25-19-16-22-32(35)39(11,12)13/h14-25,36H,1-13H3. The fourth-order valence-corrected chi connectivity index (χ4v) is 23.1. The van der Waals surface area contributed by atoms with E-state index in [4.69, 9.17) is 0 Å². The van der Waals surface area contributed by atoms with E-state index in [2.05, 4.69) is 159 Å². The SMILES string of the molecule is CC1=C(C)C([Si](c2ccccc2[Si](C)(C)C)(c2ccccc2[Si](C)(C)C)c2ccccc2[Si](C)(C)C)C(C)=C1C. The van der Waals surface area contributed by atoms with Crippen LogP contribution in [0.15, 0.2) is 95.1 Å². The molecule has 1 aliphatic rings. The minimum absolute atomic E-state index is 0.417. The van der Waals surface area contributed by atoms with E-state index < -0.39 is 32.3 Å². The molecule has 0 bridgehead atoms. The highest BCUT2D eigenvalue weighted by Gasteiger charge is 2.54. The lowest BCUT2D eigenvalue weighted by Crippen LogP contribution is -2.81. The first-order chi connectivity index (χ1) is 18.4. The summed E-state index contributed by atoms with van der Waals surface area (Å²) in [5.41, 5.74) is 6.65. The third-order valence-electron chi connectivity index (χ3n) is 9.52. The van der Waals surface area contributed by atoms with Crippen LogP contribution in [0.3, 0.4) is 0 Å². The molecule has 3 aromatic rings. The second-order valence-corrected chi connectivity index (χ2v) is 34.2. The molecule has 0 nitrogen and oxygen atoms in total. The molecule has 4 heteroatoms. The molecular weight excluding hydrogens is 545 g/mol. The molecule has 0 unspecified atom stereocenters. The summed E-state index contributed by atoms with van der Waals surface area (Å²) in [5.74, 6) is 0. The van der Waals surface area contributed by atoms with Crippen LogP contribution >= 0.6 is 0 Å². The van der Waals surface area contributed by atoms with Crippen molar-refractivity contribution in [2.45, 2.75) is 92.2 Å². The number of hydrogen-bond donors (Lipinski definition) is 0. The summed E-state index contributed by atoms with van der Waals surface area (Å²) in [6.45, 7) is 32.7. The fourth-order valence-electron chi connectivity index (χ4n) is 7.34. The maximum Gasteiger partial charge on any atom is 0.158 e. The number of hydrogen-bond acceptors (Lipinski definition) is 0. The van der Waals surface area contributed by atoms with Gasteiger partial charge in [0.05, 0.1) is 24.2 Å². The molecule has 1 aliphatic carbocycles. The summed E-state index contributed by atoms with van der Waals surface area (Å²) in [6, 6.07) is 29.2. The average Bonchev–Trinajstić information content (AvgIpc) is 3.07. The summed E-state index contributed by atoms with van der Waals surface area (Å²) in [6.07, 6.45) is 0. The van der Waals surface area contributed by atoms with Crippen LogP contribution < -0.4 is 31.1 Å². The Bertz CT molecular complexity index is 1320. The molecule has 3 aromatic carbocycles. The van der Waals surface area contributed by atoms with E-state index in [1.54, 1.807) is 42.3 Å². The van der Waals surface area contributed by atoms with Crippen molar-refractivity contribution in [3.63, 3.8) is 0 Å². The van der Waals surface area contributed by atoms with E-state index in [0.717, 1.165) is 0 Å². The molecule has 0 N–H and O–H groups in total. The molecule has 212 valence electrons. The second kappa shape index (κ2) is 10.7. The molecule has 0 saturated carbocycles. The van der Waals surface area contributed by atoms with E-state index in [-0.39, 0.29) is 0 Å². The Hall–Kier alpha value is -1.99. The first-order valence-corrected chi connectivity index (χ1v) is 27.7. The minimum Gasteiger partial charge on any atom is -0.0656 e. The van der Waals surface area contributed by atoms with E-state index in [0.29, 0.717) is 5.54 Å². The van der Waals surface area contributed by atoms with Crippen LogP contribution in [0.2, 0.25) is 64.5 Å². The van der Waals surface area contributed by atoms with Crippen LogP contribution in [-0.2, 0) is 0 Å². The van der Waals surface area contributed by atoms with Gasteiger partial charge in [0, 0.05) is 5.54 Å². The molecule has 0 aromatic heterocycles. The Morgan fingerprint density at radius 2 is 0.600 bits per heavy atom. The van der Waals surface area contributed by atoms with E-state index in [9.17, 15) is 0 Å². The van der Waals surface area contributed by atoms with Crippen LogP contribution in [0.4, 0.5) is 0 Å². The minimum atomic E-state index is -2.68. The van der Waals surface area contributed by atoms with Gasteiger partial charge in [0.1, 0.15) is 0 Å². The van der Waals surface area contributed by atoms with Crippen LogP contribution in [0.1, 0.15) is 27.7 Å². The maximum atomic E-state index is 2.57. The van der Waals surface area contributed by atoms with Crippen molar-refractivity contribution >= 4 is 63.4 Å². The van der Waals surface area contributed by atoms with Crippen molar-refractivity contribution in [1.29, 1.82) is 0 Å². The molecule has 0 spiro atoms. The second-order valence-electron chi connectivity index (χ2n) is 15.2. The van der Waals surface area contributed by atoms with Gasteiger partial charge in [-0.05, 0) is 54.4 Å². The van der Waals surface area contributed by atoms with Gasteiger partial charge in [-0.15, -0.1) is 0 Å². The third kappa shape index (κ3) is 5.10. The summed E-state index contributed by atoms with van der Waals surface area (Å²) >= 11 is 0. The van der Waals surface area contributed by atoms with Gasteiger partial charge in [0.25, 0.3) is 0 Å². The van der Waals surface area contributed by atoms with Gasteiger partial charge in [-0.25, -0.2) is 0 Å². The normalized spacial score (nSPS) is 15.8. The predicted molar refractivity (Wildman–Crippen MR) is 193 cm³/mol. The lowest BCUT2D eigenvalue weighted by atomic mass is 10.1. The molecule has 0 heterocycles. The lowest BCUT2D eigenvalue weighted by molar-refractivity contribution is 1.09. The van der Waals surface area contributed by atoms with Crippen LogP contribution in [-0.4, -0.2) is 32.3 Å². The van der Waals surface area contributed by atoms with E-state index in [1.165, 1.54) is 11.1 Å². The van der Waals surface area contributed by atoms with Crippen molar-refractivity contribution in [2.24, 2.45) is 0 Å². The highest BCUT2D eigenvalue weighted by molar-refractivity contribution is 7.20. The summed E-state index contributed by atoms with van der Waals surface area (Å²) in [7, 11) is -7.73. The highest BCUT2D eigenvalue weighted by Crippen LogP contribution is 2.46. The third-order valence-corrected chi connectivity index (χ3v) is 22.0. The van der Waals surface area contributed by atoms with Gasteiger partial charge >= 0.3 is 0 Å². The van der Waals surface area contributed by atoms with Crippen LogP contribution in [0.25, 0.3) is 0 Å². The first kappa shape index (κ1) is 31.0. The zero-order valence-corrected chi connectivity index (χ0v) is 31.5. The molecule has 0 saturated heterocycles. The topological polar surface area (TPSA) is 0 Å². The van der Waals surface area contributed by atoms with E-state index in [1.807, 2.05) is 0 Å². The summed E-state index contributed by atoms with van der Waals surface area (Å²) in [4.78, 5) is 0. The molecule has 0 radical (unpaired) electrons. The predicted octanol–water partition coefficient (Wildman–Crippen LogP) is 6.85. The van der Waals surface area contributed by atoms with Gasteiger partial charge in [0.2, 0.25) is 0 Å². The van der Waals surface area contributed by atoms with Crippen molar-refractivity contribution in [2.75, 3.05) is 0 Å². The average molecular weight is 597 g/mol. The van der Waals surface area contributed by atoms with E-state index >= 15 is 0 Å². The Kier molecular flexibility index (Phi) is 8.27. The summed E-state index contributed by atoms with van der Waals surface area (Å²) < 4.78 is 0. The number of benzene rings is 3. The molecule has 0 atom stereocenters. The molecule has 4 rings (SSSR count). The largest absolute Gasteiger partial charge is 0.158 e. The van der Waals surface area contributed by atoms with Gasteiger partial charge in [-0.3, -0.25) is 0 Å². The molecule has 0 fully saturated rings. The molecule has 0 aliphatic heterocycles. The van der Waals surface area contributed by atoms with Gasteiger partial charge in [-0.2, -0.15) is 0 Å². The first-order valence-electron chi connectivity index (χ1n) is 15.1. The monoisotopic (exact) mass is 596 g/mol. The summed E-state index contributed by atoms with van der Waals surface area (Å²) in [5, 5.41) is 9.99. The number of rotatable bonds is 7. The Morgan fingerprint density at radius 3 is 0.825 bits per heavy atom.